The lowest BCUT2D eigenvalue weighted by Crippen LogP contribution is -2.54. The van der Waals surface area contributed by atoms with Gasteiger partial charge in [-0.15, -0.1) is 0 Å². The van der Waals surface area contributed by atoms with E-state index in [9.17, 15) is 13.2 Å². The second-order valence-corrected chi connectivity index (χ2v) is 4.97. The van der Waals surface area contributed by atoms with Crippen molar-refractivity contribution in [3.8, 4) is 0 Å². The smallest absolute Gasteiger partial charge is 0.331 e. The highest BCUT2D eigenvalue weighted by Crippen LogP contribution is 2.38. The fraction of sp³-hybridized carbons (Fsp3) is 0.125. The van der Waals surface area contributed by atoms with E-state index in [2.05, 4.69) is 0 Å². The Balaban J connectivity index is 2.49. The van der Waals surface area contributed by atoms with E-state index in [0.717, 1.165) is 9.98 Å². The summed E-state index contributed by atoms with van der Waals surface area (Å²) in [7, 11) is -3.57. The van der Waals surface area contributed by atoms with Crippen molar-refractivity contribution < 1.29 is 13.2 Å². The maximum Gasteiger partial charge on any atom is 0.331 e. The topological polar surface area (TPSA) is 92.5 Å². The van der Waals surface area contributed by atoms with Crippen LogP contribution in [0.1, 0.15) is 5.56 Å². The van der Waals surface area contributed by atoms with Crippen LogP contribution >= 0.6 is 0 Å². The summed E-state index contributed by atoms with van der Waals surface area (Å²) in [5, 5.41) is 0. The Morgan fingerprint density at radius 3 is 2.73 bits per heavy atom. The van der Waals surface area contributed by atoms with Crippen LogP contribution < -0.4 is 15.6 Å². The molecule has 3 N–H and O–H groups in total. The average molecular weight is 227 g/mol. The Labute approximate surface area is 86.7 Å². The van der Waals surface area contributed by atoms with Crippen LogP contribution in [-0.4, -0.2) is 14.4 Å². The number of aryl methyl sites for hydroxylation is 1. The summed E-state index contributed by atoms with van der Waals surface area (Å²) in [5.41, 5.74) is 8.24. The summed E-state index contributed by atoms with van der Waals surface area (Å²) in [6.07, 6.45) is 0. The summed E-state index contributed by atoms with van der Waals surface area (Å²) in [5.74, 6) is 0. The number of fused-ring (bicyclic) bond motifs is 1. The fourth-order valence-corrected chi connectivity index (χ4v) is 2.75. The molecule has 1 heterocycles. The second-order valence-electron chi connectivity index (χ2n) is 3.22. The Kier molecular flexibility index (Phi) is 1.87. The third kappa shape index (κ3) is 1.32. The molecule has 80 valence electrons. The van der Waals surface area contributed by atoms with Crippen molar-refractivity contribution >= 4 is 21.7 Å². The van der Waals surface area contributed by atoms with E-state index < -0.39 is 16.1 Å². The molecular formula is C8H9N3O3S. The maximum absolute atomic E-state index is 11.5. The van der Waals surface area contributed by atoms with Crippen LogP contribution in [0.4, 0.5) is 10.5 Å². The van der Waals surface area contributed by atoms with E-state index >= 15 is 0 Å². The second kappa shape index (κ2) is 2.86. The lowest BCUT2D eigenvalue weighted by molar-refractivity contribution is 0.249. The van der Waals surface area contributed by atoms with E-state index in [0.29, 0.717) is 5.69 Å². The van der Waals surface area contributed by atoms with Crippen molar-refractivity contribution in [2.24, 2.45) is 5.73 Å². The minimum Gasteiger partial charge on any atom is -0.350 e. The van der Waals surface area contributed by atoms with Crippen molar-refractivity contribution in [2.45, 2.75) is 11.8 Å². The Morgan fingerprint density at radius 2 is 2.13 bits per heavy atom. The highest BCUT2D eigenvalue weighted by molar-refractivity contribution is 7.94. The minimum atomic E-state index is -3.57. The van der Waals surface area contributed by atoms with E-state index in [1.165, 1.54) is 6.07 Å². The number of primary amides is 1. The van der Waals surface area contributed by atoms with Crippen molar-refractivity contribution in [1.82, 2.24) is 5.43 Å². The van der Waals surface area contributed by atoms with E-state index in [1.54, 1.807) is 12.1 Å². The molecule has 0 spiro atoms. The molecule has 1 aromatic rings. The number of urea groups is 1. The van der Waals surface area contributed by atoms with Gasteiger partial charge >= 0.3 is 6.03 Å². The van der Waals surface area contributed by atoms with Gasteiger partial charge in [0.2, 0.25) is 0 Å². The molecule has 1 aromatic carbocycles. The number of rotatable bonds is 1. The molecule has 0 aromatic heterocycles. The lowest BCUT2D eigenvalue weighted by atomic mass is 10.2. The van der Waals surface area contributed by atoms with Crippen LogP contribution in [0.5, 0.6) is 0 Å². The Bertz CT molecular complexity index is 538. The number of anilines is 1. The molecule has 1 aliphatic heterocycles. The number of nitrogens with two attached hydrogens (primary N) is 1. The van der Waals surface area contributed by atoms with Crippen LogP contribution in [0.15, 0.2) is 23.1 Å². The number of carbonyl (C=O) groups excluding carboxylic acids is 1. The summed E-state index contributed by atoms with van der Waals surface area (Å²) in [4.78, 5) is 10.8. The van der Waals surface area contributed by atoms with Gasteiger partial charge in [0.1, 0.15) is 4.90 Å². The zero-order chi connectivity index (χ0) is 11.2. The molecule has 0 saturated carbocycles. The Morgan fingerprint density at radius 1 is 1.47 bits per heavy atom. The van der Waals surface area contributed by atoms with Crippen LogP contribution in [0.3, 0.4) is 0 Å². The van der Waals surface area contributed by atoms with E-state index in [1.807, 2.05) is 12.3 Å². The van der Waals surface area contributed by atoms with E-state index in [4.69, 9.17) is 5.73 Å². The SMILES string of the molecule is Cc1ccc2c(c1)N(NC(N)=O)S2(=O)=O. The van der Waals surface area contributed by atoms with Gasteiger partial charge in [0.15, 0.2) is 0 Å². The first-order chi connectivity index (χ1) is 6.93. The number of amides is 2. The van der Waals surface area contributed by atoms with Crippen LogP contribution in [0.25, 0.3) is 0 Å². The molecule has 0 fully saturated rings. The average Bonchev–Trinajstić information content (AvgIpc) is 2.13. The zero-order valence-corrected chi connectivity index (χ0v) is 8.71. The van der Waals surface area contributed by atoms with Crippen molar-refractivity contribution in [3.63, 3.8) is 0 Å². The Hall–Kier alpha value is -1.76. The van der Waals surface area contributed by atoms with Gasteiger partial charge in [0.25, 0.3) is 10.0 Å². The van der Waals surface area contributed by atoms with Crippen LogP contribution in [-0.2, 0) is 10.0 Å². The molecule has 15 heavy (non-hydrogen) atoms. The molecule has 0 radical (unpaired) electrons. The normalized spacial score (nSPS) is 16.5. The minimum absolute atomic E-state index is 0.196. The molecule has 2 rings (SSSR count). The molecule has 0 saturated heterocycles. The van der Waals surface area contributed by atoms with Gasteiger partial charge in [-0.3, -0.25) is 0 Å². The lowest BCUT2D eigenvalue weighted by Gasteiger charge is -2.33. The number of carbonyl (C=O) groups is 1. The van der Waals surface area contributed by atoms with Gasteiger partial charge in [-0.2, -0.15) is 12.8 Å². The molecule has 0 atom stereocenters. The van der Waals surface area contributed by atoms with Gasteiger partial charge in [-0.1, -0.05) is 6.07 Å². The van der Waals surface area contributed by atoms with Gasteiger partial charge in [-0.25, -0.2) is 10.2 Å². The highest BCUT2D eigenvalue weighted by atomic mass is 32.2. The monoisotopic (exact) mass is 227 g/mol. The predicted octanol–water partition coefficient (Wildman–Crippen LogP) is 0.0870. The highest BCUT2D eigenvalue weighted by Gasteiger charge is 2.40. The molecule has 2 amide bonds. The number of hydrogen-bond acceptors (Lipinski definition) is 3. The number of hydrogen-bond donors (Lipinski definition) is 2. The summed E-state index contributed by atoms with van der Waals surface area (Å²) in [6, 6.07) is 3.94. The van der Waals surface area contributed by atoms with Crippen LogP contribution in [0, 0.1) is 6.92 Å². The number of benzene rings is 1. The molecule has 6 nitrogen and oxygen atoms in total. The quantitative estimate of drug-likeness (QED) is 0.712. The van der Waals surface area contributed by atoms with Gasteiger partial charge in [0.05, 0.1) is 5.69 Å². The number of hydrazine groups is 1. The molecule has 7 heteroatoms. The zero-order valence-electron chi connectivity index (χ0n) is 7.89. The molecule has 0 unspecified atom stereocenters. The summed E-state index contributed by atoms with van der Waals surface area (Å²) >= 11 is 0. The third-order valence-corrected chi connectivity index (χ3v) is 3.73. The largest absolute Gasteiger partial charge is 0.350 e. The predicted molar refractivity (Wildman–Crippen MR) is 53.6 cm³/mol. The van der Waals surface area contributed by atoms with Crippen molar-refractivity contribution in [2.75, 3.05) is 4.41 Å². The number of nitrogens with zero attached hydrogens (tertiary/aromatic N) is 1. The van der Waals surface area contributed by atoms with Crippen molar-refractivity contribution in [3.05, 3.63) is 23.8 Å². The first-order valence-corrected chi connectivity index (χ1v) is 5.59. The van der Waals surface area contributed by atoms with E-state index in [-0.39, 0.29) is 4.90 Å². The first kappa shape index (κ1) is 9.78. The summed E-state index contributed by atoms with van der Waals surface area (Å²) in [6.45, 7) is 1.83. The molecular weight excluding hydrogens is 218 g/mol. The third-order valence-electron chi connectivity index (χ3n) is 2.06. The fourth-order valence-electron chi connectivity index (χ4n) is 1.41. The molecule has 1 aliphatic rings. The van der Waals surface area contributed by atoms with Gasteiger partial charge in [0, 0.05) is 0 Å². The van der Waals surface area contributed by atoms with Crippen molar-refractivity contribution in [1.29, 1.82) is 0 Å². The van der Waals surface area contributed by atoms with Gasteiger partial charge in [-0.05, 0) is 24.6 Å². The first-order valence-electron chi connectivity index (χ1n) is 4.15. The maximum atomic E-state index is 11.5. The molecule has 0 aliphatic carbocycles. The van der Waals surface area contributed by atoms with Crippen LogP contribution in [0.2, 0.25) is 0 Å². The van der Waals surface area contributed by atoms with Gasteiger partial charge < -0.3 is 5.73 Å². The number of sulfonamides is 1. The summed E-state index contributed by atoms with van der Waals surface area (Å²) < 4.78 is 23.9. The number of nitrogens with one attached hydrogen (secondary N) is 1. The molecule has 0 bridgehead atoms. The standard InChI is InChI=1S/C8H9N3O3S/c1-5-2-3-7-6(4-5)11(10-8(9)12)15(7,13)14/h2-4H,1H3,(H3,9,10,12).